The number of aryl methyl sites for hydroxylation is 2. The molecule has 17 heavy (non-hydrogen) atoms. The van der Waals surface area contributed by atoms with Gasteiger partial charge in [0.25, 0.3) is 0 Å². The summed E-state index contributed by atoms with van der Waals surface area (Å²) < 4.78 is 1.08. The zero-order valence-corrected chi connectivity index (χ0v) is 11.4. The fourth-order valence-corrected chi connectivity index (χ4v) is 1.91. The smallest absolute Gasteiger partial charge is 0.133 e. The van der Waals surface area contributed by atoms with Crippen molar-refractivity contribution in [1.29, 1.82) is 0 Å². The quantitative estimate of drug-likeness (QED) is 0.885. The number of pyridine rings is 1. The number of nitrogens with zero attached hydrogens (tertiary/aromatic N) is 1. The lowest BCUT2D eigenvalue weighted by molar-refractivity contribution is 1.26. The van der Waals surface area contributed by atoms with E-state index in [1.807, 2.05) is 25.1 Å². The normalized spacial score (nSPS) is 10.3. The van der Waals surface area contributed by atoms with Gasteiger partial charge in [-0.3, -0.25) is 0 Å². The maximum Gasteiger partial charge on any atom is 0.133 e. The van der Waals surface area contributed by atoms with Gasteiger partial charge in [-0.15, -0.1) is 0 Å². The maximum absolute atomic E-state index is 5.67. The number of nitrogens with two attached hydrogens (primary N) is 1. The van der Waals surface area contributed by atoms with Gasteiger partial charge in [0.15, 0.2) is 0 Å². The van der Waals surface area contributed by atoms with Gasteiger partial charge in [-0.1, -0.05) is 22.0 Å². The number of benzene rings is 1. The predicted molar refractivity (Wildman–Crippen MR) is 75.5 cm³/mol. The molecule has 88 valence electrons. The molecule has 0 radical (unpaired) electrons. The number of rotatable bonds is 2. The Balaban J connectivity index is 2.28. The first-order valence-corrected chi connectivity index (χ1v) is 6.11. The Hall–Kier alpha value is -1.55. The van der Waals surface area contributed by atoms with Gasteiger partial charge in [0.1, 0.15) is 5.82 Å². The summed E-state index contributed by atoms with van der Waals surface area (Å²) in [5, 5.41) is 3.27. The monoisotopic (exact) mass is 291 g/mol. The number of aromatic nitrogens is 1. The summed E-state index contributed by atoms with van der Waals surface area (Å²) in [7, 11) is 0. The molecule has 2 aromatic rings. The Morgan fingerprint density at radius 2 is 1.94 bits per heavy atom. The Labute approximate surface area is 109 Å². The fourth-order valence-electron chi connectivity index (χ4n) is 1.53. The number of nitrogen functional groups attached to an aromatic ring is 1. The van der Waals surface area contributed by atoms with Crippen molar-refractivity contribution in [1.82, 2.24) is 4.98 Å². The van der Waals surface area contributed by atoms with Gasteiger partial charge in [0.2, 0.25) is 0 Å². The number of halogens is 1. The molecular weight excluding hydrogens is 278 g/mol. The van der Waals surface area contributed by atoms with E-state index in [0.717, 1.165) is 21.5 Å². The fraction of sp³-hybridized carbons (Fsp3) is 0.154. The Kier molecular flexibility index (Phi) is 3.33. The van der Waals surface area contributed by atoms with E-state index >= 15 is 0 Å². The lowest BCUT2D eigenvalue weighted by atomic mass is 10.2. The molecule has 0 aliphatic rings. The Morgan fingerprint density at radius 1 is 1.18 bits per heavy atom. The van der Waals surface area contributed by atoms with Crippen LogP contribution in [0.4, 0.5) is 17.2 Å². The average Bonchev–Trinajstić information content (AvgIpc) is 2.27. The van der Waals surface area contributed by atoms with E-state index in [1.165, 1.54) is 5.56 Å². The van der Waals surface area contributed by atoms with Gasteiger partial charge in [-0.05, 0) is 43.2 Å². The van der Waals surface area contributed by atoms with Crippen molar-refractivity contribution in [2.75, 3.05) is 11.1 Å². The number of hydrogen-bond donors (Lipinski definition) is 2. The molecule has 3 N–H and O–H groups in total. The van der Waals surface area contributed by atoms with E-state index in [1.54, 1.807) is 6.20 Å². The molecule has 0 unspecified atom stereocenters. The van der Waals surface area contributed by atoms with E-state index in [0.29, 0.717) is 5.69 Å². The number of nitrogens with one attached hydrogen (secondary N) is 1. The molecule has 0 aliphatic carbocycles. The van der Waals surface area contributed by atoms with Crippen LogP contribution in [0, 0.1) is 13.8 Å². The molecule has 1 aromatic heterocycles. The standard InChI is InChI=1S/C13H14BrN3/c1-8-3-4-11(6-12(8)14)17-13-9(2)5-10(15)7-16-13/h3-7H,15H2,1-2H3,(H,16,17). The highest BCUT2D eigenvalue weighted by Crippen LogP contribution is 2.24. The van der Waals surface area contributed by atoms with Crippen molar-refractivity contribution >= 4 is 33.1 Å². The number of anilines is 3. The lowest BCUT2D eigenvalue weighted by Crippen LogP contribution is -1.98. The van der Waals surface area contributed by atoms with Crippen LogP contribution >= 0.6 is 15.9 Å². The van der Waals surface area contributed by atoms with Crippen LogP contribution in [-0.4, -0.2) is 4.98 Å². The van der Waals surface area contributed by atoms with Gasteiger partial charge in [0, 0.05) is 10.2 Å². The summed E-state index contributed by atoms with van der Waals surface area (Å²) in [4.78, 5) is 4.27. The molecule has 2 rings (SSSR count). The van der Waals surface area contributed by atoms with Crippen LogP contribution in [0.2, 0.25) is 0 Å². The molecule has 1 aromatic carbocycles. The van der Waals surface area contributed by atoms with E-state index in [-0.39, 0.29) is 0 Å². The molecule has 0 bridgehead atoms. The molecular formula is C13H14BrN3. The minimum Gasteiger partial charge on any atom is -0.397 e. The van der Waals surface area contributed by atoms with Crippen molar-refractivity contribution < 1.29 is 0 Å². The van der Waals surface area contributed by atoms with Crippen LogP contribution in [0.1, 0.15) is 11.1 Å². The van der Waals surface area contributed by atoms with E-state index < -0.39 is 0 Å². The van der Waals surface area contributed by atoms with Crippen LogP contribution in [0.15, 0.2) is 34.9 Å². The molecule has 0 fully saturated rings. The zero-order chi connectivity index (χ0) is 12.4. The van der Waals surface area contributed by atoms with Gasteiger partial charge in [0.05, 0.1) is 11.9 Å². The van der Waals surface area contributed by atoms with E-state index in [2.05, 4.69) is 39.2 Å². The molecule has 3 nitrogen and oxygen atoms in total. The van der Waals surface area contributed by atoms with Gasteiger partial charge < -0.3 is 11.1 Å². The van der Waals surface area contributed by atoms with Crippen LogP contribution in [0.5, 0.6) is 0 Å². The van der Waals surface area contributed by atoms with Crippen molar-refractivity contribution in [3.05, 3.63) is 46.1 Å². The number of hydrogen-bond acceptors (Lipinski definition) is 3. The third-order valence-corrected chi connectivity index (χ3v) is 3.39. The second-order valence-electron chi connectivity index (χ2n) is 4.02. The molecule has 0 aliphatic heterocycles. The zero-order valence-electron chi connectivity index (χ0n) is 9.79. The first-order valence-electron chi connectivity index (χ1n) is 5.31. The van der Waals surface area contributed by atoms with Crippen LogP contribution in [-0.2, 0) is 0 Å². The highest BCUT2D eigenvalue weighted by atomic mass is 79.9. The molecule has 0 atom stereocenters. The van der Waals surface area contributed by atoms with Crippen LogP contribution in [0.3, 0.4) is 0 Å². The summed E-state index contributed by atoms with van der Waals surface area (Å²) in [6, 6.07) is 8.02. The third-order valence-electron chi connectivity index (χ3n) is 2.53. The average molecular weight is 292 g/mol. The minimum absolute atomic E-state index is 0.679. The highest BCUT2D eigenvalue weighted by molar-refractivity contribution is 9.10. The third kappa shape index (κ3) is 2.77. The van der Waals surface area contributed by atoms with Crippen LogP contribution in [0.25, 0.3) is 0 Å². The van der Waals surface area contributed by atoms with Crippen molar-refractivity contribution in [2.24, 2.45) is 0 Å². The minimum atomic E-state index is 0.679. The second kappa shape index (κ2) is 4.75. The second-order valence-corrected chi connectivity index (χ2v) is 4.88. The van der Waals surface area contributed by atoms with E-state index in [4.69, 9.17) is 5.73 Å². The lowest BCUT2D eigenvalue weighted by Gasteiger charge is -2.10. The molecule has 0 spiro atoms. The summed E-state index contributed by atoms with van der Waals surface area (Å²) >= 11 is 3.51. The molecule has 1 heterocycles. The Bertz CT molecular complexity index is 552. The summed E-state index contributed by atoms with van der Waals surface area (Å²) in [5.41, 5.74) is 9.58. The summed E-state index contributed by atoms with van der Waals surface area (Å²) in [5.74, 6) is 0.829. The Morgan fingerprint density at radius 3 is 2.59 bits per heavy atom. The predicted octanol–water partition coefficient (Wildman–Crippen LogP) is 3.79. The first-order chi connectivity index (χ1) is 8.06. The van der Waals surface area contributed by atoms with Gasteiger partial charge >= 0.3 is 0 Å². The van der Waals surface area contributed by atoms with Gasteiger partial charge in [-0.2, -0.15) is 0 Å². The molecule has 0 saturated heterocycles. The van der Waals surface area contributed by atoms with E-state index in [9.17, 15) is 0 Å². The largest absolute Gasteiger partial charge is 0.397 e. The molecule has 0 amide bonds. The summed E-state index contributed by atoms with van der Waals surface area (Å²) in [6.45, 7) is 4.04. The molecule has 0 saturated carbocycles. The SMILES string of the molecule is Cc1ccc(Nc2ncc(N)cc2C)cc1Br. The highest BCUT2D eigenvalue weighted by Gasteiger charge is 2.02. The van der Waals surface area contributed by atoms with Crippen LogP contribution < -0.4 is 11.1 Å². The maximum atomic E-state index is 5.67. The molecule has 4 heteroatoms. The summed E-state index contributed by atoms with van der Waals surface area (Å²) in [6.07, 6.45) is 1.65. The van der Waals surface area contributed by atoms with Crippen molar-refractivity contribution in [2.45, 2.75) is 13.8 Å². The van der Waals surface area contributed by atoms with Crippen molar-refractivity contribution in [3.63, 3.8) is 0 Å². The first kappa shape index (κ1) is 11.9. The van der Waals surface area contributed by atoms with Crippen molar-refractivity contribution in [3.8, 4) is 0 Å². The topological polar surface area (TPSA) is 50.9 Å². The van der Waals surface area contributed by atoms with Gasteiger partial charge in [-0.25, -0.2) is 4.98 Å².